The van der Waals surface area contributed by atoms with E-state index in [0.29, 0.717) is 48.4 Å². The Morgan fingerprint density at radius 1 is 1.12 bits per heavy atom. The largest absolute Gasteiger partial charge is 0.497 e. The monoisotopic (exact) mass is 735 g/mol. The van der Waals surface area contributed by atoms with Crippen LogP contribution in [0.25, 0.3) is 21.6 Å². The predicted molar refractivity (Wildman–Crippen MR) is 194 cm³/mol. The number of fused-ring (bicyclic) bond motifs is 3. The number of thiazole rings is 1. The van der Waals surface area contributed by atoms with E-state index in [4.69, 9.17) is 19.4 Å². The van der Waals surface area contributed by atoms with E-state index in [-0.39, 0.29) is 37.1 Å². The first-order valence-electron chi connectivity index (χ1n) is 17.9. The summed E-state index contributed by atoms with van der Waals surface area (Å²) in [5.74, 6) is -0.260. The Morgan fingerprint density at radius 2 is 1.92 bits per heavy atom. The fraction of sp³-hybridized carbons (Fsp3) is 0.541. The van der Waals surface area contributed by atoms with Crippen molar-refractivity contribution in [2.24, 2.45) is 5.92 Å². The van der Waals surface area contributed by atoms with Crippen LogP contribution in [-0.2, 0) is 24.4 Å². The molecular weight excluding hydrogens is 691 g/mol. The maximum absolute atomic E-state index is 14.2. The van der Waals surface area contributed by atoms with Crippen molar-refractivity contribution in [3.05, 3.63) is 47.5 Å². The Kier molecular flexibility index (Phi) is 9.83. The topological polar surface area (TPSA) is 157 Å². The summed E-state index contributed by atoms with van der Waals surface area (Å²) in [5, 5.41) is 5.88. The van der Waals surface area contributed by atoms with Gasteiger partial charge in [-0.1, -0.05) is 38.8 Å². The summed E-state index contributed by atoms with van der Waals surface area (Å²) in [6.07, 6.45) is 9.49. The van der Waals surface area contributed by atoms with Crippen molar-refractivity contribution < 1.29 is 32.3 Å². The van der Waals surface area contributed by atoms with E-state index in [0.717, 1.165) is 41.8 Å². The van der Waals surface area contributed by atoms with E-state index in [1.807, 2.05) is 41.8 Å². The fourth-order valence-corrected chi connectivity index (χ4v) is 9.33. The van der Waals surface area contributed by atoms with Crippen molar-refractivity contribution in [1.82, 2.24) is 24.9 Å². The molecule has 2 N–H and O–H groups in total. The van der Waals surface area contributed by atoms with E-state index in [1.165, 1.54) is 11.3 Å². The Balaban J connectivity index is 1.18. The van der Waals surface area contributed by atoms with Gasteiger partial charge >= 0.3 is 0 Å². The molecule has 7 rings (SSSR count). The summed E-state index contributed by atoms with van der Waals surface area (Å²) in [5.41, 5.74) is 0.874. The van der Waals surface area contributed by atoms with Crippen LogP contribution in [0.2, 0.25) is 0 Å². The van der Waals surface area contributed by atoms with Gasteiger partial charge in [-0.2, -0.15) is 0 Å². The maximum Gasteiger partial charge on any atom is 0.259 e. The van der Waals surface area contributed by atoms with E-state index in [1.54, 1.807) is 12.0 Å². The van der Waals surface area contributed by atoms with Gasteiger partial charge in [-0.15, -0.1) is 11.3 Å². The molecule has 4 aliphatic rings. The van der Waals surface area contributed by atoms with Gasteiger partial charge in [-0.3, -0.25) is 19.1 Å². The summed E-state index contributed by atoms with van der Waals surface area (Å²) >= 11 is 1.51. The molecule has 1 aromatic carbocycles. The maximum atomic E-state index is 14.2. The lowest BCUT2D eigenvalue weighted by molar-refractivity contribution is -0.139. The van der Waals surface area contributed by atoms with E-state index in [9.17, 15) is 22.8 Å². The molecule has 3 fully saturated rings. The molecule has 0 spiro atoms. The molecule has 1 saturated heterocycles. The van der Waals surface area contributed by atoms with Gasteiger partial charge in [0.2, 0.25) is 21.8 Å². The number of benzene rings is 1. The summed E-state index contributed by atoms with van der Waals surface area (Å²) in [6.45, 7) is 4.36. The molecule has 0 radical (unpaired) electrons. The number of pyridine rings is 1. The number of nitrogens with one attached hydrogen (secondary N) is 2. The third-order valence-electron chi connectivity index (χ3n) is 10.3. The summed E-state index contributed by atoms with van der Waals surface area (Å²) in [4.78, 5) is 52.8. The number of rotatable bonds is 8. The quantitative estimate of drug-likeness (QED) is 0.296. The molecule has 2 saturated carbocycles. The number of nitrogens with zero attached hydrogens (tertiary/aromatic N) is 3. The highest BCUT2D eigenvalue weighted by Crippen LogP contribution is 2.46. The van der Waals surface area contributed by atoms with Crippen LogP contribution < -0.4 is 19.5 Å². The van der Waals surface area contributed by atoms with Crippen LogP contribution in [-0.4, -0.2) is 77.6 Å². The van der Waals surface area contributed by atoms with E-state index < -0.39 is 44.8 Å². The molecular formula is C37H45N5O7S2. The molecule has 2 aromatic heterocycles. The summed E-state index contributed by atoms with van der Waals surface area (Å²) in [6, 6.07) is 6.51. The number of aromatic nitrogens is 2. The van der Waals surface area contributed by atoms with Crippen LogP contribution in [0.5, 0.6) is 11.5 Å². The molecule has 3 aromatic rings. The zero-order valence-corrected chi connectivity index (χ0v) is 30.9. The van der Waals surface area contributed by atoms with Crippen LogP contribution in [0.4, 0.5) is 0 Å². The van der Waals surface area contributed by atoms with Crippen LogP contribution >= 0.6 is 11.3 Å². The first-order valence-corrected chi connectivity index (χ1v) is 20.4. The van der Waals surface area contributed by atoms with Gasteiger partial charge < -0.3 is 19.7 Å². The summed E-state index contributed by atoms with van der Waals surface area (Å²) in [7, 11) is -2.23. The van der Waals surface area contributed by atoms with Gasteiger partial charge in [0.25, 0.3) is 5.91 Å². The molecule has 0 bridgehead atoms. The Bertz CT molecular complexity index is 1970. The first kappa shape index (κ1) is 35.4. The molecule has 0 unspecified atom stereocenters. The van der Waals surface area contributed by atoms with E-state index >= 15 is 0 Å². The van der Waals surface area contributed by atoms with Gasteiger partial charge in [0, 0.05) is 41.7 Å². The number of allylic oxidation sites excluding steroid dienone is 1. The minimum atomic E-state index is -3.83. The second-order valence-corrected chi connectivity index (χ2v) is 17.3. The number of amides is 3. The number of hydrogen-bond acceptors (Lipinski definition) is 10. The molecule has 4 heterocycles. The number of methoxy groups -OCH3 is 1. The average molecular weight is 736 g/mol. The number of carbonyl (C=O) groups is 3. The highest BCUT2D eigenvalue weighted by Gasteiger charge is 2.62. The minimum absolute atomic E-state index is 0.148. The van der Waals surface area contributed by atoms with Gasteiger partial charge in [0.15, 0.2) is 0 Å². The molecule has 2 aliphatic heterocycles. The second-order valence-electron chi connectivity index (χ2n) is 14.5. The van der Waals surface area contributed by atoms with Gasteiger partial charge in [-0.05, 0) is 56.6 Å². The summed E-state index contributed by atoms with van der Waals surface area (Å²) < 4.78 is 39.9. The van der Waals surface area contributed by atoms with Crippen molar-refractivity contribution in [2.45, 2.75) is 107 Å². The predicted octanol–water partition coefficient (Wildman–Crippen LogP) is 5.23. The van der Waals surface area contributed by atoms with Crippen molar-refractivity contribution in [3.8, 4) is 22.2 Å². The lowest BCUT2D eigenvalue weighted by Crippen LogP contribution is -2.56. The zero-order valence-electron chi connectivity index (χ0n) is 29.2. The highest BCUT2D eigenvalue weighted by molar-refractivity contribution is 7.91. The van der Waals surface area contributed by atoms with Crippen molar-refractivity contribution >= 4 is 50.0 Å². The molecule has 272 valence electrons. The molecule has 4 atom stereocenters. The Morgan fingerprint density at radius 3 is 2.67 bits per heavy atom. The molecule has 51 heavy (non-hydrogen) atoms. The molecule has 14 heteroatoms. The van der Waals surface area contributed by atoms with Gasteiger partial charge in [0.05, 0.1) is 30.1 Å². The highest BCUT2D eigenvalue weighted by atomic mass is 32.2. The third kappa shape index (κ3) is 7.48. The standard InChI is InChI=1S/C37H45N5O7S2/c1-22(2)30-21-50-35(39-30)29-18-32(27-15-12-24(48-3)16-28(27)38-29)49-25-17-31-34(44)40-37(36(45)41-51(46,47)26-13-14-26)19-23(37)10-8-6-4-5-7-9-11-33(43)42(31)20-25/h8,10,12,15-16,18,21-23,25-26,31H,4-7,9,11,13-14,17,19-20H2,1-3H3,(H,40,44)(H,41,45)/b10-8-/t23-,25-,31+,37-/m1/s1. The van der Waals surface area contributed by atoms with Crippen LogP contribution in [0, 0.1) is 5.92 Å². The van der Waals surface area contributed by atoms with Crippen LogP contribution in [0.15, 0.2) is 41.8 Å². The van der Waals surface area contributed by atoms with Crippen LogP contribution in [0.3, 0.4) is 0 Å². The third-order valence-corrected chi connectivity index (χ3v) is 13.0. The smallest absolute Gasteiger partial charge is 0.259 e. The Labute approximate surface area is 302 Å². The van der Waals surface area contributed by atoms with Crippen LogP contribution in [0.1, 0.15) is 89.7 Å². The Hall–Kier alpha value is -4.04. The zero-order chi connectivity index (χ0) is 35.9. The number of ether oxygens (including phenoxy) is 2. The normalized spacial score (nSPS) is 26.4. The second kappa shape index (κ2) is 14.2. The lowest BCUT2D eigenvalue weighted by atomic mass is 10.1. The molecule has 2 aliphatic carbocycles. The van der Waals surface area contributed by atoms with Gasteiger partial charge in [-0.25, -0.2) is 18.4 Å². The number of carbonyl (C=O) groups excluding carboxylic acids is 3. The average Bonchev–Trinajstić information content (AvgIpc) is 3.97. The molecule has 3 amide bonds. The number of sulfonamides is 1. The van der Waals surface area contributed by atoms with Crippen molar-refractivity contribution in [3.63, 3.8) is 0 Å². The van der Waals surface area contributed by atoms with E-state index in [2.05, 4.69) is 23.9 Å². The molecule has 12 nitrogen and oxygen atoms in total. The SMILES string of the molecule is COc1ccc2c(O[C@@H]3C[C@H]4C(=O)N[C@]5(C(=O)NS(=O)(=O)C6CC6)C[C@H]5/C=C\CCCCCCC(=O)N4C3)cc(-c3nc(C(C)C)cs3)nc2c1. The fourth-order valence-electron chi connectivity index (χ4n) is 7.03. The minimum Gasteiger partial charge on any atom is -0.497 e. The lowest BCUT2D eigenvalue weighted by Gasteiger charge is -2.26. The van der Waals surface area contributed by atoms with Crippen molar-refractivity contribution in [2.75, 3.05) is 13.7 Å². The van der Waals surface area contributed by atoms with Gasteiger partial charge in [0.1, 0.15) is 39.9 Å². The number of hydrogen-bond donors (Lipinski definition) is 2. The first-order chi connectivity index (χ1) is 24.5. The van der Waals surface area contributed by atoms with Crippen molar-refractivity contribution in [1.29, 1.82) is 0 Å².